The van der Waals surface area contributed by atoms with Gasteiger partial charge in [0.1, 0.15) is 12.2 Å². The molecule has 226 valence electrons. The maximum Gasteiger partial charge on any atom is 0.407 e. The van der Waals surface area contributed by atoms with Crippen LogP contribution in [-0.2, 0) is 25.7 Å². The summed E-state index contributed by atoms with van der Waals surface area (Å²) in [5.74, 6) is -0.159. The molecule has 0 unspecified atom stereocenters. The number of nitrogens with one attached hydrogen (secondary N) is 2. The van der Waals surface area contributed by atoms with Gasteiger partial charge in [-0.05, 0) is 63.9 Å². The van der Waals surface area contributed by atoms with E-state index in [1.54, 1.807) is 0 Å². The molecule has 1 aromatic carbocycles. The third kappa shape index (κ3) is 14.1. The highest BCUT2D eigenvalue weighted by atomic mass is 16.6. The van der Waals surface area contributed by atoms with Crippen LogP contribution in [0.25, 0.3) is 0 Å². The predicted molar refractivity (Wildman–Crippen MR) is 156 cm³/mol. The van der Waals surface area contributed by atoms with E-state index in [-0.39, 0.29) is 37.2 Å². The molecule has 0 spiro atoms. The second-order valence-electron chi connectivity index (χ2n) is 12.7. The molecule has 8 heteroatoms. The second-order valence-corrected chi connectivity index (χ2v) is 12.7. The minimum atomic E-state index is -0.878. The molecule has 1 saturated carbocycles. The Kier molecular flexibility index (Phi) is 14.5. The molecular weight excluding hydrogens is 508 g/mol. The molecule has 1 aliphatic carbocycles. The lowest BCUT2D eigenvalue weighted by atomic mass is 9.81. The Hall–Kier alpha value is -2.61. The number of carbonyl (C=O) groups is 3. The number of amides is 2. The number of benzene rings is 1. The Morgan fingerprint density at radius 2 is 1.70 bits per heavy atom. The van der Waals surface area contributed by atoms with Gasteiger partial charge in [0.25, 0.3) is 0 Å². The van der Waals surface area contributed by atoms with Crippen molar-refractivity contribution in [2.75, 3.05) is 6.54 Å². The first-order valence-corrected chi connectivity index (χ1v) is 15.1. The summed E-state index contributed by atoms with van der Waals surface area (Å²) in [7, 11) is 0. The normalized spacial score (nSPS) is 16.6. The molecule has 2 rings (SSSR count). The Bertz CT molecular complexity index is 892. The number of hydrogen-bond donors (Lipinski definition) is 3. The van der Waals surface area contributed by atoms with E-state index in [4.69, 9.17) is 9.47 Å². The molecule has 0 bridgehead atoms. The van der Waals surface area contributed by atoms with E-state index in [0.717, 1.165) is 31.2 Å². The molecule has 0 radical (unpaired) electrons. The largest absolute Gasteiger partial charge is 0.461 e. The third-order valence-corrected chi connectivity index (χ3v) is 7.23. The van der Waals surface area contributed by atoms with E-state index in [1.807, 2.05) is 65.0 Å². The van der Waals surface area contributed by atoms with Crippen molar-refractivity contribution in [1.82, 2.24) is 10.6 Å². The third-order valence-electron chi connectivity index (χ3n) is 7.23. The van der Waals surface area contributed by atoms with Crippen molar-refractivity contribution in [2.45, 2.75) is 123 Å². The van der Waals surface area contributed by atoms with E-state index in [1.165, 1.54) is 6.42 Å². The van der Waals surface area contributed by atoms with E-state index in [9.17, 15) is 19.5 Å². The monoisotopic (exact) mass is 560 g/mol. The zero-order valence-electron chi connectivity index (χ0n) is 25.2. The summed E-state index contributed by atoms with van der Waals surface area (Å²) in [4.78, 5) is 37.8. The number of rotatable bonds is 15. The van der Waals surface area contributed by atoms with Crippen LogP contribution >= 0.6 is 0 Å². The molecular formula is C32H52N2O6. The molecule has 3 N–H and O–H groups in total. The van der Waals surface area contributed by atoms with Crippen molar-refractivity contribution < 1.29 is 29.0 Å². The van der Waals surface area contributed by atoms with Gasteiger partial charge in [-0.25, -0.2) is 4.79 Å². The molecule has 1 aromatic rings. The van der Waals surface area contributed by atoms with Crippen molar-refractivity contribution in [3.63, 3.8) is 0 Å². The summed E-state index contributed by atoms with van der Waals surface area (Å²) >= 11 is 0. The van der Waals surface area contributed by atoms with Crippen LogP contribution in [0.4, 0.5) is 4.79 Å². The maximum absolute atomic E-state index is 13.1. The number of aliphatic hydroxyl groups is 1. The lowest BCUT2D eigenvalue weighted by Gasteiger charge is -2.32. The van der Waals surface area contributed by atoms with Gasteiger partial charge in [0.2, 0.25) is 5.91 Å². The van der Waals surface area contributed by atoms with Crippen LogP contribution in [0, 0.1) is 17.8 Å². The van der Waals surface area contributed by atoms with Gasteiger partial charge in [0.15, 0.2) is 0 Å². The first-order valence-electron chi connectivity index (χ1n) is 15.1. The highest BCUT2D eigenvalue weighted by Crippen LogP contribution is 2.29. The number of alkyl carbamates (subject to hydrolysis) is 1. The van der Waals surface area contributed by atoms with E-state index in [2.05, 4.69) is 10.6 Å². The molecule has 1 aliphatic rings. The van der Waals surface area contributed by atoms with Crippen LogP contribution in [0.5, 0.6) is 0 Å². The van der Waals surface area contributed by atoms with Gasteiger partial charge in [-0.3, -0.25) is 9.59 Å². The summed E-state index contributed by atoms with van der Waals surface area (Å²) in [6.45, 7) is 10.1. The van der Waals surface area contributed by atoms with Gasteiger partial charge < -0.3 is 25.2 Å². The fraction of sp³-hybridized carbons (Fsp3) is 0.719. The SMILES string of the molecule is CC(C)C[C@H](C[C@H](O)[C@H](CC1CCCCC1)NC(=O)OC(C)(C)C)C(=O)NCCCC(=O)OCc1ccccc1. The van der Waals surface area contributed by atoms with E-state index in [0.29, 0.717) is 31.7 Å². The number of esters is 1. The minimum absolute atomic E-state index is 0.140. The molecule has 40 heavy (non-hydrogen) atoms. The summed E-state index contributed by atoms with van der Waals surface area (Å²) in [5, 5.41) is 17.2. The van der Waals surface area contributed by atoms with Crippen LogP contribution < -0.4 is 10.6 Å². The highest BCUT2D eigenvalue weighted by molar-refractivity contribution is 5.78. The van der Waals surface area contributed by atoms with Crippen molar-refractivity contribution in [2.24, 2.45) is 17.8 Å². The Balaban J connectivity index is 1.90. The van der Waals surface area contributed by atoms with Crippen LogP contribution in [0.15, 0.2) is 30.3 Å². The van der Waals surface area contributed by atoms with E-state index < -0.39 is 29.8 Å². The number of ether oxygens (including phenoxy) is 2. The molecule has 2 amide bonds. The Labute approximate surface area is 241 Å². The first-order chi connectivity index (χ1) is 18.9. The quantitative estimate of drug-likeness (QED) is 0.182. The Morgan fingerprint density at radius 1 is 1.02 bits per heavy atom. The molecule has 0 saturated heterocycles. The zero-order chi connectivity index (χ0) is 29.5. The fourth-order valence-electron chi connectivity index (χ4n) is 5.29. The molecule has 8 nitrogen and oxygen atoms in total. The van der Waals surface area contributed by atoms with Crippen LogP contribution in [-0.4, -0.2) is 47.4 Å². The van der Waals surface area contributed by atoms with Gasteiger partial charge in [-0.2, -0.15) is 0 Å². The van der Waals surface area contributed by atoms with Gasteiger partial charge in [-0.15, -0.1) is 0 Å². The molecule has 0 aliphatic heterocycles. The van der Waals surface area contributed by atoms with Crippen LogP contribution in [0.1, 0.15) is 104 Å². The predicted octanol–water partition coefficient (Wildman–Crippen LogP) is 5.90. The molecule has 1 fully saturated rings. The summed E-state index contributed by atoms with van der Waals surface area (Å²) in [6, 6.07) is 9.02. The average Bonchev–Trinajstić information content (AvgIpc) is 2.89. The maximum atomic E-state index is 13.1. The smallest absolute Gasteiger partial charge is 0.407 e. The standard InChI is InChI=1S/C32H52N2O6/c1-23(2)19-26(30(37)33-18-12-17-29(36)39-22-25-15-10-7-11-16-25)21-28(35)27(20-24-13-8-6-9-14-24)34-31(38)40-32(3,4)5/h7,10-11,15-16,23-24,26-28,35H,6,8-9,12-14,17-22H2,1-5H3,(H,33,37)(H,34,38)/t26-,27+,28+/m1/s1. The number of aliphatic hydroxyl groups excluding tert-OH is 1. The molecule has 0 aromatic heterocycles. The van der Waals surface area contributed by atoms with Crippen molar-refractivity contribution in [3.05, 3.63) is 35.9 Å². The lowest BCUT2D eigenvalue weighted by Crippen LogP contribution is -2.48. The van der Waals surface area contributed by atoms with Gasteiger partial charge in [-0.1, -0.05) is 76.3 Å². The number of carbonyl (C=O) groups excluding carboxylic acids is 3. The van der Waals surface area contributed by atoms with Gasteiger partial charge in [0.05, 0.1) is 12.1 Å². The lowest BCUT2D eigenvalue weighted by molar-refractivity contribution is -0.145. The fourth-order valence-corrected chi connectivity index (χ4v) is 5.29. The average molecular weight is 561 g/mol. The van der Waals surface area contributed by atoms with Gasteiger partial charge >= 0.3 is 12.1 Å². The summed E-state index contributed by atoms with van der Waals surface area (Å²) in [6.07, 6.45) is 6.53. The first kappa shape index (κ1) is 33.6. The second kappa shape index (κ2) is 17.3. The molecule has 0 heterocycles. The van der Waals surface area contributed by atoms with Crippen molar-refractivity contribution in [3.8, 4) is 0 Å². The Morgan fingerprint density at radius 3 is 2.33 bits per heavy atom. The topological polar surface area (TPSA) is 114 Å². The minimum Gasteiger partial charge on any atom is -0.461 e. The van der Waals surface area contributed by atoms with Gasteiger partial charge in [0, 0.05) is 18.9 Å². The van der Waals surface area contributed by atoms with E-state index >= 15 is 0 Å². The number of hydrogen-bond acceptors (Lipinski definition) is 6. The summed E-state index contributed by atoms with van der Waals surface area (Å²) in [5.41, 5.74) is 0.292. The zero-order valence-corrected chi connectivity index (χ0v) is 25.2. The van der Waals surface area contributed by atoms with Crippen LogP contribution in [0.3, 0.4) is 0 Å². The highest BCUT2D eigenvalue weighted by Gasteiger charge is 2.32. The van der Waals surface area contributed by atoms with Crippen LogP contribution in [0.2, 0.25) is 0 Å². The van der Waals surface area contributed by atoms with Crippen molar-refractivity contribution >= 4 is 18.0 Å². The molecule has 3 atom stereocenters. The summed E-state index contributed by atoms with van der Waals surface area (Å²) < 4.78 is 10.8. The van der Waals surface area contributed by atoms with Crippen molar-refractivity contribution in [1.29, 1.82) is 0 Å².